The Morgan fingerprint density at radius 2 is 1.58 bits per heavy atom. The van der Waals surface area contributed by atoms with Gasteiger partial charge in [-0.15, -0.1) is 0 Å². The number of hydrogen-bond donors (Lipinski definition) is 0. The molecule has 0 N–H and O–H groups in total. The fraction of sp³-hybridized carbons (Fsp3) is 0.120. The van der Waals surface area contributed by atoms with Crippen LogP contribution < -0.4 is 4.74 Å². The van der Waals surface area contributed by atoms with E-state index in [0.29, 0.717) is 17.1 Å². The molecule has 0 unspecified atom stereocenters. The summed E-state index contributed by atoms with van der Waals surface area (Å²) in [6, 6.07) is 17.8. The number of halogens is 3. The number of carbonyl (C=O) groups excluding carboxylic acids is 2. The van der Waals surface area contributed by atoms with Crippen molar-refractivity contribution in [3.05, 3.63) is 101 Å². The summed E-state index contributed by atoms with van der Waals surface area (Å²) in [5, 5.41) is -0.335. The van der Waals surface area contributed by atoms with Crippen LogP contribution in [0.2, 0.25) is 0 Å². The minimum atomic E-state index is -0.358. The van der Waals surface area contributed by atoms with Gasteiger partial charge >= 0.3 is 0 Å². The van der Waals surface area contributed by atoms with E-state index in [0.717, 1.165) is 35.8 Å². The van der Waals surface area contributed by atoms with E-state index >= 15 is 0 Å². The Labute approximate surface area is 222 Å². The van der Waals surface area contributed by atoms with Crippen molar-refractivity contribution in [2.45, 2.75) is 20.1 Å². The van der Waals surface area contributed by atoms with Crippen LogP contribution in [-0.2, 0) is 17.9 Å². The lowest BCUT2D eigenvalue weighted by Gasteiger charge is -2.13. The number of amides is 2. The molecule has 1 saturated heterocycles. The lowest BCUT2D eigenvalue weighted by atomic mass is 10.1. The fourth-order valence-electron chi connectivity index (χ4n) is 3.20. The molecule has 4 nitrogen and oxygen atoms in total. The number of thioether (sulfide) groups is 1. The molecule has 0 radical (unpaired) electrons. The van der Waals surface area contributed by atoms with Gasteiger partial charge < -0.3 is 4.74 Å². The molecule has 2 amide bonds. The number of imide groups is 1. The summed E-state index contributed by atoms with van der Waals surface area (Å²) < 4.78 is 21.0. The Morgan fingerprint density at radius 1 is 0.970 bits per heavy atom. The molecule has 0 spiro atoms. The van der Waals surface area contributed by atoms with E-state index in [9.17, 15) is 14.0 Å². The summed E-state index contributed by atoms with van der Waals surface area (Å²) in [5.41, 5.74) is 3.80. The van der Waals surface area contributed by atoms with Crippen molar-refractivity contribution in [3.63, 3.8) is 0 Å². The molecule has 33 heavy (non-hydrogen) atoms. The van der Waals surface area contributed by atoms with Gasteiger partial charge in [-0.1, -0.05) is 42.0 Å². The van der Waals surface area contributed by atoms with Crippen molar-refractivity contribution in [2.24, 2.45) is 0 Å². The van der Waals surface area contributed by atoms with E-state index in [1.54, 1.807) is 18.2 Å². The maximum Gasteiger partial charge on any atom is 0.293 e. The van der Waals surface area contributed by atoms with E-state index in [-0.39, 0.29) is 23.5 Å². The van der Waals surface area contributed by atoms with Crippen LogP contribution in [0.1, 0.15) is 22.3 Å². The molecule has 0 aromatic heterocycles. The SMILES string of the molecule is Cc1ccc(COc2c(I)cc(/C=C3\SC(=O)N(Cc4ccc(F)cc4)C3=O)cc2I)cc1. The molecule has 0 saturated carbocycles. The van der Waals surface area contributed by atoms with Gasteiger partial charge in [0.25, 0.3) is 11.1 Å². The van der Waals surface area contributed by atoms with Crippen LogP contribution in [0, 0.1) is 19.9 Å². The van der Waals surface area contributed by atoms with Crippen LogP contribution >= 0.6 is 56.9 Å². The Balaban J connectivity index is 1.49. The standard InChI is InChI=1S/C25H18FI2NO3S/c1-15-2-4-17(5-3-15)14-32-23-20(27)10-18(11-21(23)28)12-22-24(30)29(25(31)33-22)13-16-6-8-19(26)9-7-16/h2-12H,13-14H2,1H3/b22-12-. The van der Waals surface area contributed by atoms with Crippen molar-refractivity contribution in [1.29, 1.82) is 0 Å². The van der Waals surface area contributed by atoms with Crippen molar-refractivity contribution in [3.8, 4) is 5.75 Å². The molecular weight excluding hydrogens is 667 g/mol. The van der Waals surface area contributed by atoms with Gasteiger partial charge in [0.1, 0.15) is 18.2 Å². The van der Waals surface area contributed by atoms with Gasteiger partial charge in [0.2, 0.25) is 0 Å². The van der Waals surface area contributed by atoms with Crippen LogP contribution in [0.15, 0.2) is 65.6 Å². The first-order valence-corrected chi connectivity index (χ1v) is 12.9. The maximum atomic E-state index is 13.1. The zero-order valence-corrected chi connectivity index (χ0v) is 22.6. The van der Waals surface area contributed by atoms with Crippen LogP contribution in [0.3, 0.4) is 0 Å². The third kappa shape index (κ3) is 5.96. The Bertz CT molecular complexity index is 1220. The number of aryl methyl sites for hydroxylation is 1. The number of benzene rings is 3. The lowest BCUT2D eigenvalue weighted by Crippen LogP contribution is -2.27. The van der Waals surface area contributed by atoms with Crippen LogP contribution in [0.5, 0.6) is 5.75 Å². The molecule has 1 fully saturated rings. The van der Waals surface area contributed by atoms with Gasteiger partial charge in [-0.3, -0.25) is 14.5 Å². The highest BCUT2D eigenvalue weighted by atomic mass is 127. The van der Waals surface area contributed by atoms with Crippen molar-refractivity contribution in [2.75, 3.05) is 0 Å². The van der Waals surface area contributed by atoms with E-state index in [4.69, 9.17) is 4.74 Å². The van der Waals surface area contributed by atoms with Crippen molar-refractivity contribution < 1.29 is 18.7 Å². The summed E-state index contributed by atoms with van der Waals surface area (Å²) in [6.07, 6.45) is 1.73. The third-order valence-corrected chi connectivity index (χ3v) is 7.46. The number of hydrogen-bond acceptors (Lipinski definition) is 4. The zero-order valence-electron chi connectivity index (χ0n) is 17.5. The molecule has 1 aliphatic heterocycles. The quantitative estimate of drug-likeness (QED) is 0.204. The largest absolute Gasteiger partial charge is 0.487 e. The third-order valence-electron chi connectivity index (χ3n) is 4.95. The smallest absolute Gasteiger partial charge is 0.293 e. The molecule has 168 valence electrons. The molecule has 0 atom stereocenters. The number of rotatable bonds is 6. The van der Waals surface area contributed by atoms with E-state index in [1.807, 2.05) is 31.2 Å². The van der Waals surface area contributed by atoms with Gasteiger partial charge in [-0.05, 0) is 111 Å². The van der Waals surface area contributed by atoms with E-state index in [1.165, 1.54) is 22.6 Å². The predicted molar refractivity (Wildman–Crippen MR) is 145 cm³/mol. The van der Waals surface area contributed by atoms with E-state index < -0.39 is 0 Å². The average molecular weight is 685 g/mol. The monoisotopic (exact) mass is 685 g/mol. The molecule has 8 heteroatoms. The van der Waals surface area contributed by atoms with Gasteiger partial charge in [-0.25, -0.2) is 4.39 Å². The minimum Gasteiger partial charge on any atom is -0.487 e. The first kappa shape index (κ1) is 24.2. The second kappa shape index (κ2) is 10.6. The second-order valence-corrected chi connectivity index (χ2v) is 10.8. The molecule has 1 heterocycles. The van der Waals surface area contributed by atoms with Crippen LogP contribution in [0.4, 0.5) is 9.18 Å². The molecule has 3 aromatic rings. The number of ether oxygens (including phenoxy) is 1. The lowest BCUT2D eigenvalue weighted by molar-refractivity contribution is -0.123. The molecule has 0 aliphatic carbocycles. The fourth-order valence-corrected chi connectivity index (χ4v) is 6.17. The normalized spacial score (nSPS) is 14.9. The Morgan fingerprint density at radius 3 is 2.21 bits per heavy atom. The van der Waals surface area contributed by atoms with Gasteiger partial charge in [0.15, 0.2) is 0 Å². The molecule has 4 rings (SSSR count). The Hall–Kier alpha value is -1.92. The van der Waals surface area contributed by atoms with Gasteiger partial charge in [0.05, 0.1) is 18.6 Å². The van der Waals surface area contributed by atoms with Gasteiger partial charge in [-0.2, -0.15) is 0 Å². The van der Waals surface area contributed by atoms with Crippen molar-refractivity contribution >= 4 is 74.2 Å². The summed E-state index contributed by atoms with van der Waals surface area (Å²) >= 11 is 5.35. The maximum absolute atomic E-state index is 13.1. The Kier molecular flexibility index (Phi) is 7.75. The minimum absolute atomic E-state index is 0.114. The zero-order chi connectivity index (χ0) is 23.5. The van der Waals surface area contributed by atoms with Crippen LogP contribution in [-0.4, -0.2) is 16.0 Å². The highest BCUT2D eigenvalue weighted by molar-refractivity contribution is 14.1. The topological polar surface area (TPSA) is 46.6 Å². The highest BCUT2D eigenvalue weighted by Crippen LogP contribution is 2.35. The summed E-state index contributed by atoms with van der Waals surface area (Å²) in [6.45, 7) is 2.63. The summed E-state index contributed by atoms with van der Waals surface area (Å²) in [7, 11) is 0. The number of nitrogens with zero attached hydrogens (tertiary/aromatic N) is 1. The summed E-state index contributed by atoms with van der Waals surface area (Å²) in [4.78, 5) is 26.8. The molecule has 1 aliphatic rings. The molecular formula is C25H18FI2NO3S. The predicted octanol–water partition coefficient (Wildman–Crippen LogP) is 7.16. The molecule has 3 aromatic carbocycles. The van der Waals surface area contributed by atoms with Crippen LogP contribution in [0.25, 0.3) is 6.08 Å². The second-order valence-electron chi connectivity index (χ2n) is 7.48. The first-order chi connectivity index (χ1) is 15.8. The summed E-state index contributed by atoms with van der Waals surface area (Å²) in [5.74, 6) is 0.0839. The highest BCUT2D eigenvalue weighted by Gasteiger charge is 2.35. The first-order valence-electron chi connectivity index (χ1n) is 9.97. The number of carbonyl (C=O) groups is 2. The average Bonchev–Trinajstić information content (AvgIpc) is 3.03. The van der Waals surface area contributed by atoms with Gasteiger partial charge in [0, 0.05) is 0 Å². The molecule has 0 bridgehead atoms. The van der Waals surface area contributed by atoms with Crippen molar-refractivity contribution in [1.82, 2.24) is 4.90 Å². The van der Waals surface area contributed by atoms with E-state index in [2.05, 4.69) is 57.3 Å².